The van der Waals surface area contributed by atoms with E-state index < -0.39 is 18.8 Å². The molecule has 0 aliphatic heterocycles. The number of halogens is 3. The van der Waals surface area contributed by atoms with E-state index in [4.69, 9.17) is 9.47 Å². The third-order valence-electron chi connectivity index (χ3n) is 5.53. The number of carbonyl (C=O) groups excluding carboxylic acids is 1. The molecule has 3 rings (SSSR count). The molecule has 27 heavy (non-hydrogen) atoms. The van der Waals surface area contributed by atoms with Gasteiger partial charge in [0.1, 0.15) is 0 Å². The fourth-order valence-electron chi connectivity index (χ4n) is 4.04. The van der Waals surface area contributed by atoms with Gasteiger partial charge in [-0.1, -0.05) is 18.6 Å². The van der Waals surface area contributed by atoms with Gasteiger partial charge in [0.25, 0.3) is 0 Å². The monoisotopic (exact) mass is 386 g/mol. The lowest BCUT2D eigenvalue weighted by atomic mass is 9.54. The molecule has 0 bridgehead atoms. The van der Waals surface area contributed by atoms with Crippen LogP contribution < -0.4 is 20.1 Å². The van der Waals surface area contributed by atoms with Gasteiger partial charge >= 0.3 is 12.2 Å². The molecule has 2 N–H and O–H groups in total. The number of rotatable bonds is 6. The first kappa shape index (κ1) is 19.6. The van der Waals surface area contributed by atoms with Crippen molar-refractivity contribution in [1.29, 1.82) is 0 Å². The van der Waals surface area contributed by atoms with Gasteiger partial charge in [0.05, 0.1) is 13.2 Å². The Morgan fingerprint density at radius 1 is 1.33 bits per heavy atom. The van der Waals surface area contributed by atoms with Crippen LogP contribution in [0.5, 0.6) is 11.5 Å². The number of urea groups is 1. The van der Waals surface area contributed by atoms with Gasteiger partial charge in [-0.2, -0.15) is 13.2 Å². The molecule has 2 amide bonds. The van der Waals surface area contributed by atoms with E-state index in [2.05, 4.69) is 10.6 Å². The summed E-state index contributed by atoms with van der Waals surface area (Å²) in [7, 11) is 1.36. The van der Waals surface area contributed by atoms with Crippen LogP contribution in [0.4, 0.5) is 18.0 Å². The maximum absolute atomic E-state index is 12.4. The Bertz CT molecular complexity index is 681. The molecule has 2 saturated carbocycles. The number of nitrogens with one attached hydrogen (secondary N) is 2. The standard InChI is InChI=1S/C19H25F3N2O3/c1-12(23-17(25)24-13-9-18(10-13)7-4-8-18)14-5-3-6-15(16(14)26-2)27-11-19(20,21)22/h3,5-6,12-13H,4,7-11H2,1-2H3,(H2,23,24,25). The van der Waals surface area contributed by atoms with E-state index in [1.165, 1.54) is 32.4 Å². The van der Waals surface area contributed by atoms with E-state index in [-0.39, 0.29) is 23.6 Å². The second-order valence-electron chi connectivity index (χ2n) is 7.58. The minimum absolute atomic E-state index is 0.00713. The van der Waals surface area contributed by atoms with E-state index in [9.17, 15) is 18.0 Å². The molecule has 5 nitrogen and oxygen atoms in total. The minimum atomic E-state index is -4.44. The fraction of sp³-hybridized carbons (Fsp3) is 0.632. The van der Waals surface area contributed by atoms with E-state index >= 15 is 0 Å². The first-order chi connectivity index (χ1) is 12.7. The average Bonchev–Trinajstić information content (AvgIpc) is 2.52. The topological polar surface area (TPSA) is 59.6 Å². The Kier molecular flexibility index (Phi) is 5.44. The summed E-state index contributed by atoms with van der Waals surface area (Å²) >= 11 is 0. The molecule has 2 aliphatic carbocycles. The lowest BCUT2D eigenvalue weighted by Crippen LogP contribution is -2.55. The molecule has 1 aromatic rings. The van der Waals surface area contributed by atoms with Crippen molar-refractivity contribution in [2.45, 2.75) is 57.3 Å². The molecule has 8 heteroatoms. The van der Waals surface area contributed by atoms with Crippen LogP contribution in [-0.4, -0.2) is 32.0 Å². The predicted octanol–water partition coefficient (Wildman–Crippen LogP) is 4.33. The van der Waals surface area contributed by atoms with Crippen molar-refractivity contribution in [3.05, 3.63) is 23.8 Å². The number of methoxy groups -OCH3 is 1. The molecule has 0 radical (unpaired) electrons. The number of carbonyl (C=O) groups is 1. The van der Waals surface area contributed by atoms with Crippen LogP contribution in [0.1, 0.15) is 50.6 Å². The van der Waals surface area contributed by atoms with Crippen molar-refractivity contribution in [3.8, 4) is 11.5 Å². The molecule has 1 spiro atoms. The number of hydrogen-bond acceptors (Lipinski definition) is 3. The third-order valence-corrected chi connectivity index (χ3v) is 5.53. The SMILES string of the molecule is COc1c(OCC(F)(F)F)cccc1C(C)NC(=O)NC1CC2(CCC2)C1. The quantitative estimate of drug-likeness (QED) is 0.765. The molecule has 150 valence electrons. The van der Waals surface area contributed by atoms with Crippen LogP contribution in [0.3, 0.4) is 0 Å². The van der Waals surface area contributed by atoms with E-state index in [1.807, 2.05) is 0 Å². The van der Waals surface area contributed by atoms with E-state index in [0.717, 1.165) is 12.8 Å². The van der Waals surface area contributed by atoms with Gasteiger partial charge in [-0.3, -0.25) is 0 Å². The van der Waals surface area contributed by atoms with Crippen LogP contribution in [0.15, 0.2) is 18.2 Å². The normalized spacial score (nSPS) is 19.6. The zero-order chi connectivity index (χ0) is 19.7. The van der Waals surface area contributed by atoms with Crippen LogP contribution in [0, 0.1) is 5.41 Å². The number of alkyl halides is 3. The lowest BCUT2D eigenvalue weighted by Gasteiger charge is -2.54. The van der Waals surface area contributed by atoms with Gasteiger partial charge in [0.15, 0.2) is 18.1 Å². The highest BCUT2D eigenvalue weighted by atomic mass is 19.4. The summed E-state index contributed by atoms with van der Waals surface area (Å²) in [5.41, 5.74) is 1.02. The highest BCUT2D eigenvalue weighted by Gasteiger charge is 2.48. The van der Waals surface area contributed by atoms with Crippen LogP contribution in [0.25, 0.3) is 0 Å². The summed E-state index contributed by atoms with van der Waals surface area (Å²) in [6.07, 6.45) is 1.40. The Morgan fingerprint density at radius 3 is 2.59 bits per heavy atom. The van der Waals surface area contributed by atoms with E-state index in [0.29, 0.717) is 11.0 Å². The fourth-order valence-corrected chi connectivity index (χ4v) is 4.04. The maximum Gasteiger partial charge on any atom is 0.422 e. The van der Waals surface area contributed by atoms with Crippen LogP contribution in [-0.2, 0) is 0 Å². The maximum atomic E-state index is 12.4. The Morgan fingerprint density at radius 2 is 2.04 bits per heavy atom. The lowest BCUT2D eigenvalue weighted by molar-refractivity contribution is -0.153. The van der Waals surface area contributed by atoms with Crippen LogP contribution >= 0.6 is 0 Å². The Balaban J connectivity index is 1.58. The molecule has 1 aromatic carbocycles. The van der Waals surface area contributed by atoms with Crippen molar-refractivity contribution in [2.24, 2.45) is 5.41 Å². The second-order valence-corrected chi connectivity index (χ2v) is 7.58. The van der Waals surface area contributed by atoms with Crippen LogP contribution in [0.2, 0.25) is 0 Å². The van der Waals surface area contributed by atoms with Gasteiger partial charge in [-0.25, -0.2) is 4.79 Å². The zero-order valence-electron chi connectivity index (χ0n) is 15.5. The first-order valence-corrected chi connectivity index (χ1v) is 9.15. The molecule has 1 unspecified atom stereocenters. The summed E-state index contributed by atoms with van der Waals surface area (Å²) in [6.45, 7) is 0.345. The van der Waals surface area contributed by atoms with Crippen molar-refractivity contribution in [2.75, 3.05) is 13.7 Å². The second kappa shape index (κ2) is 7.48. The average molecular weight is 386 g/mol. The number of para-hydroxylation sites is 1. The minimum Gasteiger partial charge on any atom is -0.492 e. The largest absolute Gasteiger partial charge is 0.492 e. The number of amides is 2. The van der Waals surface area contributed by atoms with Gasteiger partial charge in [0.2, 0.25) is 0 Å². The van der Waals surface area contributed by atoms with Gasteiger partial charge in [-0.05, 0) is 44.1 Å². The molecule has 2 aliphatic rings. The molecule has 1 atom stereocenters. The Labute approximate surface area is 156 Å². The van der Waals surface area contributed by atoms with E-state index in [1.54, 1.807) is 19.1 Å². The van der Waals surface area contributed by atoms with Crippen molar-refractivity contribution in [3.63, 3.8) is 0 Å². The summed E-state index contributed by atoms with van der Waals surface area (Å²) in [6, 6.07) is 4.13. The molecule has 0 aromatic heterocycles. The third kappa shape index (κ3) is 4.59. The van der Waals surface area contributed by atoms with Crippen molar-refractivity contribution < 1.29 is 27.4 Å². The smallest absolute Gasteiger partial charge is 0.422 e. The first-order valence-electron chi connectivity index (χ1n) is 9.15. The van der Waals surface area contributed by atoms with Gasteiger partial charge < -0.3 is 20.1 Å². The summed E-state index contributed by atoms with van der Waals surface area (Å²) in [4.78, 5) is 12.2. The molecule has 0 saturated heterocycles. The molecule has 0 heterocycles. The Hall–Kier alpha value is -2.12. The highest BCUT2D eigenvalue weighted by molar-refractivity contribution is 5.75. The highest BCUT2D eigenvalue weighted by Crippen LogP contribution is 2.55. The van der Waals surface area contributed by atoms with Crippen molar-refractivity contribution in [1.82, 2.24) is 10.6 Å². The number of ether oxygens (including phenoxy) is 2. The predicted molar refractivity (Wildman–Crippen MR) is 93.9 cm³/mol. The van der Waals surface area contributed by atoms with Crippen molar-refractivity contribution >= 4 is 6.03 Å². The number of hydrogen-bond donors (Lipinski definition) is 2. The zero-order valence-corrected chi connectivity index (χ0v) is 15.5. The molecule has 2 fully saturated rings. The summed E-state index contributed by atoms with van der Waals surface area (Å²) in [5, 5.41) is 5.79. The summed E-state index contributed by atoms with van der Waals surface area (Å²) in [5.74, 6) is 0.180. The summed E-state index contributed by atoms with van der Waals surface area (Å²) < 4.78 is 47.4. The number of benzene rings is 1. The molecular weight excluding hydrogens is 361 g/mol. The van der Waals surface area contributed by atoms with Gasteiger partial charge in [0, 0.05) is 11.6 Å². The molecular formula is C19H25F3N2O3. The van der Waals surface area contributed by atoms with Gasteiger partial charge in [-0.15, -0.1) is 0 Å².